The molecule has 2 aromatic carbocycles. The van der Waals surface area contributed by atoms with Gasteiger partial charge in [-0.15, -0.1) is 11.3 Å². The van der Waals surface area contributed by atoms with Crippen LogP contribution in [0, 0.1) is 17.6 Å². The van der Waals surface area contributed by atoms with E-state index < -0.39 is 43.5 Å². The number of carbonyl (C=O) groups excluding carboxylic acids is 1. The van der Waals surface area contributed by atoms with Gasteiger partial charge in [-0.3, -0.25) is 4.79 Å². The van der Waals surface area contributed by atoms with Crippen molar-refractivity contribution in [1.82, 2.24) is 4.98 Å². The number of benzene rings is 2. The zero-order chi connectivity index (χ0) is 26.0. The normalized spacial score (nSPS) is 15.7. The molecule has 192 valence electrons. The fourth-order valence-electron chi connectivity index (χ4n) is 3.97. The number of halogens is 3. The average molecular weight is 558 g/mol. The van der Waals surface area contributed by atoms with Crippen molar-refractivity contribution in [1.29, 1.82) is 0 Å². The molecule has 0 N–H and O–H groups in total. The van der Waals surface area contributed by atoms with Crippen LogP contribution in [0.3, 0.4) is 0 Å². The van der Waals surface area contributed by atoms with Crippen LogP contribution in [-0.4, -0.2) is 46.7 Å². The van der Waals surface area contributed by atoms with Gasteiger partial charge < -0.3 is 14.4 Å². The fraction of sp³-hybridized carbons (Fsp3) is 0.304. The number of hydrogen-bond donors (Lipinski definition) is 0. The zero-order valence-corrected chi connectivity index (χ0v) is 21.7. The van der Waals surface area contributed by atoms with Crippen LogP contribution in [0.4, 0.5) is 19.6 Å². The monoisotopic (exact) mass is 557 g/mol. The van der Waals surface area contributed by atoms with Gasteiger partial charge in [-0.05, 0) is 24.1 Å². The largest absolute Gasteiger partial charge is 0.497 e. The Kier molecular flexibility index (Phi) is 7.67. The van der Waals surface area contributed by atoms with Crippen molar-refractivity contribution in [3.63, 3.8) is 0 Å². The smallest absolute Gasteiger partial charge is 0.310 e. The summed E-state index contributed by atoms with van der Waals surface area (Å²) in [5, 5.41) is 1.04. The molecule has 13 heteroatoms. The number of ether oxygens (including phenoxy) is 2. The van der Waals surface area contributed by atoms with Crippen LogP contribution in [0.2, 0.25) is 5.02 Å². The molecule has 1 aliphatic rings. The average Bonchev–Trinajstić information content (AvgIpc) is 3.57. The molecule has 0 amide bonds. The summed E-state index contributed by atoms with van der Waals surface area (Å²) in [7, 11) is -2.01. The second-order valence-corrected chi connectivity index (χ2v) is 11.0. The predicted octanol–water partition coefficient (Wildman–Crippen LogP) is 4.48. The maximum atomic E-state index is 15.5. The SMILES string of the molecule is COC(=O)C1CCN(c2cc(F)c(S(=O)(=O)N(Cc3ccc(OC)cc3)c3nccs3)c(F)c2Cl)C1. The van der Waals surface area contributed by atoms with Crippen LogP contribution in [0.15, 0.2) is 46.8 Å². The molecule has 0 bridgehead atoms. The second-order valence-electron chi connectivity index (χ2n) is 7.96. The lowest BCUT2D eigenvalue weighted by Gasteiger charge is -2.25. The summed E-state index contributed by atoms with van der Waals surface area (Å²) in [6, 6.07) is 7.45. The maximum Gasteiger partial charge on any atom is 0.310 e. The molecule has 3 aromatic rings. The number of rotatable bonds is 8. The third kappa shape index (κ3) is 4.97. The number of nitrogens with zero attached hydrogens (tertiary/aromatic N) is 3. The van der Waals surface area contributed by atoms with Crippen molar-refractivity contribution >= 4 is 49.7 Å². The van der Waals surface area contributed by atoms with Gasteiger partial charge in [0.05, 0.1) is 32.4 Å². The summed E-state index contributed by atoms with van der Waals surface area (Å²) in [4.78, 5) is 16.2. The molecule has 1 fully saturated rings. The second kappa shape index (κ2) is 10.6. The highest BCUT2D eigenvalue weighted by Crippen LogP contribution is 2.39. The Morgan fingerprint density at radius 2 is 2.00 bits per heavy atom. The minimum absolute atomic E-state index is 0.0327. The standard InChI is InChI=1S/C23H22ClF2N3O5S2/c1-33-16-5-3-14(4-6-16)12-29(23-27-8-10-35-23)36(31,32)21-17(25)11-18(19(24)20(21)26)28-9-7-15(13-28)22(30)34-2/h3-6,8,10-11,15H,7,9,12-13H2,1-2H3. The molecule has 0 saturated carbocycles. The summed E-state index contributed by atoms with van der Waals surface area (Å²) in [6.07, 6.45) is 1.80. The Labute approximate surface area is 216 Å². The summed E-state index contributed by atoms with van der Waals surface area (Å²) in [6.45, 7) is 0.207. The first-order valence-corrected chi connectivity index (χ1v) is 13.4. The first-order chi connectivity index (χ1) is 17.2. The van der Waals surface area contributed by atoms with Gasteiger partial charge in [0.1, 0.15) is 16.6 Å². The molecule has 0 radical (unpaired) electrons. The molecule has 1 unspecified atom stereocenters. The third-order valence-electron chi connectivity index (χ3n) is 5.83. The van der Waals surface area contributed by atoms with Crippen molar-refractivity contribution in [2.75, 3.05) is 36.5 Å². The van der Waals surface area contributed by atoms with E-state index in [9.17, 15) is 13.2 Å². The van der Waals surface area contributed by atoms with E-state index in [0.29, 0.717) is 24.3 Å². The fourth-order valence-corrected chi connectivity index (χ4v) is 6.69. The van der Waals surface area contributed by atoms with Gasteiger partial charge in [0, 0.05) is 30.7 Å². The van der Waals surface area contributed by atoms with Gasteiger partial charge in [-0.2, -0.15) is 0 Å². The van der Waals surface area contributed by atoms with E-state index in [0.717, 1.165) is 21.7 Å². The molecule has 0 aliphatic carbocycles. The van der Waals surface area contributed by atoms with E-state index in [1.165, 1.54) is 25.3 Å². The van der Waals surface area contributed by atoms with E-state index in [4.69, 9.17) is 21.1 Å². The van der Waals surface area contributed by atoms with Gasteiger partial charge in [-0.25, -0.2) is 26.5 Å². The topological polar surface area (TPSA) is 89.0 Å². The van der Waals surface area contributed by atoms with E-state index >= 15 is 8.78 Å². The van der Waals surface area contributed by atoms with Crippen molar-refractivity contribution in [2.45, 2.75) is 17.9 Å². The molecule has 36 heavy (non-hydrogen) atoms. The number of thiazole rings is 1. The van der Waals surface area contributed by atoms with Gasteiger partial charge in [-0.1, -0.05) is 23.7 Å². The number of esters is 1. The molecule has 1 saturated heterocycles. The molecule has 1 aromatic heterocycles. The molecule has 1 atom stereocenters. The van der Waals surface area contributed by atoms with Gasteiger partial charge in [0.2, 0.25) is 0 Å². The molecule has 2 heterocycles. The lowest BCUT2D eigenvalue weighted by molar-refractivity contribution is -0.144. The van der Waals surface area contributed by atoms with Crippen molar-refractivity contribution in [3.8, 4) is 5.75 Å². The number of carbonyl (C=O) groups is 1. The number of sulfonamides is 1. The first-order valence-electron chi connectivity index (χ1n) is 10.7. The van der Waals surface area contributed by atoms with Crippen molar-refractivity contribution in [3.05, 3.63) is 64.1 Å². The highest BCUT2D eigenvalue weighted by molar-refractivity contribution is 7.93. The predicted molar refractivity (Wildman–Crippen MR) is 132 cm³/mol. The third-order valence-corrected chi connectivity index (χ3v) is 8.87. The lowest BCUT2D eigenvalue weighted by atomic mass is 10.1. The highest BCUT2D eigenvalue weighted by atomic mass is 35.5. The van der Waals surface area contributed by atoms with Crippen molar-refractivity contribution in [2.24, 2.45) is 5.92 Å². The Hall–Kier alpha value is -2.96. The van der Waals surface area contributed by atoms with Crippen LogP contribution < -0.4 is 13.9 Å². The molecular formula is C23H22ClF2N3O5S2. The quantitative estimate of drug-likeness (QED) is 0.298. The van der Waals surface area contributed by atoms with Crippen LogP contribution in [-0.2, 0) is 26.1 Å². The van der Waals surface area contributed by atoms with E-state index in [-0.39, 0.29) is 23.9 Å². The molecule has 0 spiro atoms. The van der Waals surface area contributed by atoms with E-state index in [1.807, 2.05) is 0 Å². The van der Waals surface area contributed by atoms with Gasteiger partial charge >= 0.3 is 5.97 Å². The zero-order valence-electron chi connectivity index (χ0n) is 19.3. The van der Waals surface area contributed by atoms with Crippen LogP contribution in [0.25, 0.3) is 0 Å². The first kappa shape index (κ1) is 26.1. The molecule has 4 rings (SSSR count). The summed E-state index contributed by atoms with van der Waals surface area (Å²) in [5.74, 6) is -3.07. The Bertz CT molecular complexity index is 1360. The van der Waals surface area contributed by atoms with Crippen LogP contribution in [0.1, 0.15) is 12.0 Å². The van der Waals surface area contributed by atoms with Gasteiger partial charge in [0.25, 0.3) is 10.0 Å². The Morgan fingerprint density at radius 1 is 1.28 bits per heavy atom. The van der Waals surface area contributed by atoms with Crippen molar-refractivity contribution < 1.29 is 31.5 Å². The van der Waals surface area contributed by atoms with Crippen LogP contribution in [0.5, 0.6) is 5.75 Å². The Morgan fingerprint density at radius 3 is 2.61 bits per heavy atom. The molecular weight excluding hydrogens is 536 g/mol. The number of anilines is 2. The maximum absolute atomic E-state index is 15.5. The van der Waals surface area contributed by atoms with Gasteiger partial charge in [0.15, 0.2) is 15.8 Å². The minimum atomic E-state index is -4.77. The number of methoxy groups -OCH3 is 2. The summed E-state index contributed by atoms with van der Waals surface area (Å²) < 4.78 is 68.8. The highest BCUT2D eigenvalue weighted by Gasteiger charge is 2.37. The molecule has 1 aliphatic heterocycles. The van der Waals surface area contributed by atoms with Crippen LogP contribution >= 0.6 is 22.9 Å². The molecule has 8 nitrogen and oxygen atoms in total. The summed E-state index contributed by atoms with van der Waals surface area (Å²) >= 11 is 7.24. The Balaban J connectivity index is 1.72. The number of hydrogen-bond acceptors (Lipinski definition) is 8. The minimum Gasteiger partial charge on any atom is -0.497 e. The summed E-state index contributed by atoms with van der Waals surface area (Å²) in [5.41, 5.74) is 0.511. The van der Waals surface area contributed by atoms with E-state index in [1.54, 1.807) is 29.6 Å². The lowest BCUT2D eigenvalue weighted by Crippen LogP contribution is -2.32. The van der Waals surface area contributed by atoms with E-state index in [2.05, 4.69) is 4.98 Å². The number of aromatic nitrogens is 1.